The van der Waals surface area contributed by atoms with Crippen LogP contribution in [0.5, 0.6) is 0 Å². The van der Waals surface area contributed by atoms with Crippen LogP contribution in [0.1, 0.15) is 26.7 Å². The third-order valence-corrected chi connectivity index (χ3v) is 3.32. The Balaban J connectivity index is 2.01. The minimum absolute atomic E-state index is 0.520. The molecule has 1 N–H and O–H groups in total. The van der Waals surface area contributed by atoms with Gasteiger partial charge in [0, 0.05) is 12.6 Å². The molecular weight excluding hydrogens is 150 g/mol. The highest BCUT2D eigenvalue weighted by molar-refractivity contribution is 4.94. The molecule has 0 amide bonds. The highest BCUT2D eigenvalue weighted by Crippen LogP contribution is 2.34. The Hall–Kier alpha value is -0.0800. The summed E-state index contributed by atoms with van der Waals surface area (Å²) in [6, 6.07) is 0.652. The van der Waals surface area contributed by atoms with Crippen molar-refractivity contribution in [1.82, 2.24) is 5.32 Å². The van der Waals surface area contributed by atoms with Crippen molar-refractivity contribution in [2.24, 2.45) is 11.8 Å². The summed E-state index contributed by atoms with van der Waals surface area (Å²) in [4.78, 5) is 0. The molecule has 0 spiro atoms. The molecule has 0 aromatic carbocycles. The third kappa shape index (κ3) is 1.38. The summed E-state index contributed by atoms with van der Waals surface area (Å²) in [5.74, 6) is 1.64. The van der Waals surface area contributed by atoms with Gasteiger partial charge in [-0.15, -0.1) is 0 Å². The average Bonchev–Trinajstić information content (AvgIpc) is 2.47. The van der Waals surface area contributed by atoms with E-state index in [9.17, 15) is 0 Å². The van der Waals surface area contributed by atoms with Crippen molar-refractivity contribution in [2.45, 2.75) is 38.8 Å². The molecule has 3 unspecified atom stereocenters. The average molecular weight is 169 g/mol. The quantitative estimate of drug-likeness (QED) is 0.641. The monoisotopic (exact) mass is 169 g/mol. The van der Waals surface area contributed by atoms with Gasteiger partial charge in [-0.1, -0.05) is 13.8 Å². The molecule has 2 heteroatoms. The second-order valence-corrected chi connectivity index (χ2v) is 4.37. The molecule has 1 saturated carbocycles. The van der Waals surface area contributed by atoms with Crippen molar-refractivity contribution < 1.29 is 4.74 Å². The van der Waals surface area contributed by atoms with Gasteiger partial charge in [0.05, 0.1) is 12.7 Å². The number of rotatable bonds is 1. The lowest BCUT2D eigenvalue weighted by molar-refractivity contribution is 0.000857. The van der Waals surface area contributed by atoms with Gasteiger partial charge in [-0.25, -0.2) is 0 Å². The molecule has 1 aliphatic carbocycles. The lowest BCUT2D eigenvalue weighted by atomic mass is 9.90. The molecule has 1 heterocycles. The molecule has 2 rings (SSSR count). The molecule has 3 atom stereocenters. The van der Waals surface area contributed by atoms with E-state index >= 15 is 0 Å². The number of morpholine rings is 1. The van der Waals surface area contributed by atoms with Crippen molar-refractivity contribution in [3.63, 3.8) is 0 Å². The van der Waals surface area contributed by atoms with Gasteiger partial charge >= 0.3 is 0 Å². The standard InChI is InChI=1S/C10H19NO/c1-7(2)8-3-4-9-10(8)11-5-6-12-9/h7-11H,3-6H2,1-2H3. The van der Waals surface area contributed by atoms with Gasteiger partial charge in [0.1, 0.15) is 0 Å². The summed E-state index contributed by atoms with van der Waals surface area (Å²) in [7, 11) is 0. The molecule has 0 aromatic rings. The highest BCUT2D eigenvalue weighted by Gasteiger charge is 2.39. The lowest BCUT2D eigenvalue weighted by Gasteiger charge is -2.32. The predicted octanol–water partition coefficient (Wildman–Crippen LogP) is 1.41. The molecule has 1 saturated heterocycles. The van der Waals surface area contributed by atoms with Crippen LogP contribution in [0.2, 0.25) is 0 Å². The molecule has 2 aliphatic rings. The topological polar surface area (TPSA) is 21.3 Å². The maximum Gasteiger partial charge on any atom is 0.0731 e. The maximum atomic E-state index is 5.72. The van der Waals surface area contributed by atoms with Gasteiger partial charge in [0.15, 0.2) is 0 Å². The zero-order chi connectivity index (χ0) is 8.55. The van der Waals surface area contributed by atoms with E-state index in [0.717, 1.165) is 25.0 Å². The van der Waals surface area contributed by atoms with Crippen LogP contribution in [0, 0.1) is 11.8 Å². The molecular formula is C10H19NO. The molecule has 0 radical (unpaired) electrons. The fraction of sp³-hybridized carbons (Fsp3) is 1.00. The van der Waals surface area contributed by atoms with Crippen LogP contribution in [0.3, 0.4) is 0 Å². The van der Waals surface area contributed by atoms with E-state index in [1.165, 1.54) is 12.8 Å². The van der Waals surface area contributed by atoms with Crippen LogP contribution in [-0.2, 0) is 4.74 Å². The molecule has 2 fully saturated rings. The van der Waals surface area contributed by atoms with Crippen molar-refractivity contribution >= 4 is 0 Å². The van der Waals surface area contributed by atoms with E-state index in [0.29, 0.717) is 12.1 Å². The minimum Gasteiger partial charge on any atom is -0.375 e. The second kappa shape index (κ2) is 3.35. The van der Waals surface area contributed by atoms with Gasteiger partial charge in [-0.3, -0.25) is 0 Å². The van der Waals surface area contributed by atoms with Gasteiger partial charge in [-0.05, 0) is 24.7 Å². The van der Waals surface area contributed by atoms with Crippen LogP contribution in [-0.4, -0.2) is 25.3 Å². The van der Waals surface area contributed by atoms with Gasteiger partial charge < -0.3 is 10.1 Å². The number of hydrogen-bond donors (Lipinski definition) is 1. The van der Waals surface area contributed by atoms with Crippen LogP contribution in [0.25, 0.3) is 0 Å². The van der Waals surface area contributed by atoms with E-state index in [1.807, 2.05) is 0 Å². The molecule has 12 heavy (non-hydrogen) atoms. The summed E-state index contributed by atoms with van der Waals surface area (Å²) in [6.45, 7) is 6.60. The molecule has 0 bridgehead atoms. The number of ether oxygens (including phenoxy) is 1. The normalized spacial score (nSPS) is 41.8. The van der Waals surface area contributed by atoms with E-state index < -0.39 is 0 Å². The Morgan fingerprint density at radius 1 is 1.33 bits per heavy atom. The van der Waals surface area contributed by atoms with Crippen LogP contribution >= 0.6 is 0 Å². The maximum absolute atomic E-state index is 5.72. The number of hydrogen-bond acceptors (Lipinski definition) is 2. The first kappa shape index (κ1) is 8.52. The first-order valence-electron chi connectivity index (χ1n) is 5.14. The lowest BCUT2D eigenvalue weighted by Crippen LogP contribution is -2.49. The summed E-state index contributed by atoms with van der Waals surface area (Å²) >= 11 is 0. The fourth-order valence-electron chi connectivity index (χ4n) is 2.65. The van der Waals surface area contributed by atoms with Crippen LogP contribution in [0.15, 0.2) is 0 Å². The first-order valence-corrected chi connectivity index (χ1v) is 5.14. The van der Waals surface area contributed by atoms with Crippen LogP contribution in [0.4, 0.5) is 0 Å². The Morgan fingerprint density at radius 2 is 2.17 bits per heavy atom. The SMILES string of the molecule is CC(C)C1CCC2OCCNC21. The van der Waals surface area contributed by atoms with Crippen molar-refractivity contribution in [1.29, 1.82) is 0 Å². The van der Waals surface area contributed by atoms with E-state index in [1.54, 1.807) is 0 Å². The Bertz CT molecular complexity index is 158. The van der Waals surface area contributed by atoms with E-state index in [4.69, 9.17) is 4.74 Å². The molecule has 2 nitrogen and oxygen atoms in total. The zero-order valence-electron chi connectivity index (χ0n) is 8.05. The number of nitrogens with one attached hydrogen (secondary N) is 1. The second-order valence-electron chi connectivity index (χ2n) is 4.37. The summed E-state index contributed by atoms with van der Waals surface area (Å²) in [5, 5.41) is 3.59. The Labute approximate surface area is 74.7 Å². The summed E-state index contributed by atoms with van der Waals surface area (Å²) < 4.78 is 5.72. The number of fused-ring (bicyclic) bond motifs is 1. The van der Waals surface area contributed by atoms with Crippen molar-refractivity contribution in [3.05, 3.63) is 0 Å². The smallest absolute Gasteiger partial charge is 0.0731 e. The predicted molar refractivity (Wildman–Crippen MR) is 49.1 cm³/mol. The largest absolute Gasteiger partial charge is 0.375 e. The highest BCUT2D eigenvalue weighted by atomic mass is 16.5. The Morgan fingerprint density at radius 3 is 2.92 bits per heavy atom. The van der Waals surface area contributed by atoms with Gasteiger partial charge in [0.2, 0.25) is 0 Å². The van der Waals surface area contributed by atoms with Crippen molar-refractivity contribution in [2.75, 3.05) is 13.2 Å². The summed E-state index contributed by atoms with van der Waals surface area (Å²) in [5.41, 5.74) is 0. The Kier molecular flexibility index (Phi) is 2.37. The molecule has 70 valence electrons. The van der Waals surface area contributed by atoms with Gasteiger partial charge in [0.25, 0.3) is 0 Å². The van der Waals surface area contributed by atoms with Gasteiger partial charge in [-0.2, -0.15) is 0 Å². The van der Waals surface area contributed by atoms with E-state index in [-0.39, 0.29) is 0 Å². The minimum atomic E-state index is 0.520. The third-order valence-electron chi connectivity index (χ3n) is 3.32. The summed E-state index contributed by atoms with van der Waals surface area (Å²) in [6.07, 6.45) is 3.13. The van der Waals surface area contributed by atoms with Crippen LogP contribution < -0.4 is 5.32 Å². The first-order chi connectivity index (χ1) is 5.79. The van der Waals surface area contributed by atoms with Crippen molar-refractivity contribution in [3.8, 4) is 0 Å². The fourth-order valence-corrected chi connectivity index (χ4v) is 2.65. The van der Waals surface area contributed by atoms with E-state index in [2.05, 4.69) is 19.2 Å². The molecule has 0 aromatic heterocycles. The zero-order valence-corrected chi connectivity index (χ0v) is 8.05. The molecule has 1 aliphatic heterocycles.